The SMILES string of the molecule is CC1CCC(n2c3ccc(Cl)cc3c3nc(C(F)(F)F)ncc32)[C@H](O)CN1.CC1CCC(n2c3ccc(Cl)cc3c3nc(C(F)(F)F)ncc32)[C@H](O)CN1C(=O)OC(C)(C)C.CC1CCC2OC2CN1C(=O)OC(C)(C)C.FC(F)(F)c1ncc2[nH]c3ccc(Cl)cc3c2n1. The largest absolute Gasteiger partial charge is 0.451 e. The number of carbonyl (C=O) groups is 2. The molecule has 0 radical (unpaired) electrons. The lowest BCUT2D eigenvalue weighted by atomic mass is 10.0. The van der Waals surface area contributed by atoms with Crippen molar-refractivity contribution < 1.29 is 73.5 Å². The summed E-state index contributed by atoms with van der Waals surface area (Å²) >= 11 is 18.1. The minimum atomic E-state index is -4.70. The number of aromatic nitrogens is 9. The monoisotopic (exact) mass is 1390 g/mol. The second-order valence-corrected chi connectivity index (χ2v) is 27.5. The highest BCUT2D eigenvalue weighted by Crippen LogP contribution is 2.41. The van der Waals surface area contributed by atoms with E-state index >= 15 is 0 Å². The number of β-amino-alcohol motifs (C(OH)–C–C–N with tert-alkyl or cyclic N) is 2. The van der Waals surface area contributed by atoms with Crippen LogP contribution in [0.1, 0.15) is 130 Å². The number of aromatic amines is 1. The average Bonchev–Trinajstić information content (AvgIpc) is 1.60. The zero-order valence-electron chi connectivity index (χ0n) is 52.9. The zero-order valence-corrected chi connectivity index (χ0v) is 55.2. The summed E-state index contributed by atoms with van der Waals surface area (Å²) in [5, 5.41) is 27.8. The van der Waals surface area contributed by atoms with Gasteiger partial charge in [0.2, 0.25) is 17.5 Å². The van der Waals surface area contributed by atoms with E-state index in [0.29, 0.717) is 103 Å². The molecule has 13 rings (SSSR count). The van der Waals surface area contributed by atoms with Gasteiger partial charge in [-0.15, -0.1) is 0 Å². The maximum absolute atomic E-state index is 13.3. The third-order valence-electron chi connectivity index (χ3n) is 16.7. The molecule has 0 spiro atoms. The lowest BCUT2D eigenvalue weighted by molar-refractivity contribution is -0.145. The third-order valence-corrected chi connectivity index (χ3v) is 17.4. The minimum Gasteiger partial charge on any atom is -0.444 e. The van der Waals surface area contributed by atoms with Gasteiger partial charge in [-0.2, -0.15) is 39.5 Å². The number of H-pyrrole nitrogens is 1. The van der Waals surface area contributed by atoms with Crippen LogP contribution in [0.2, 0.25) is 15.1 Å². The number of ether oxygens (including phenoxy) is 3. The molecule has 4 N–H and O–H groups in total. The van der Waals surface area contributed by atoms with Gasteiger partial charge in [0.1, 0.15) is 28.3 Å². The summed E-state index contributed by atoms with van der Waals surface area (Å²) in [6.45, 7) is 18.1. The fourth-order valence-corrected chi connectivity index (χ4v) is 12.6. The highest BCUT2D eigenvalue weighted by molar-refractivity contribution is 6.32. The van der Waals surface area contributed by atoms with Crippen molar-refractivity contribution in [3.8, 4) is 0 Å². The standard InChI is InChI=1S/C23H26ClF3N4O3.C18H18ClF3N4O.C12H21NO3.C11H5ClF3N3/c1-12-5-7-16(18(32)11-30(12)21(33)34-22(2,3)4)31-15-8-6-13(24)9-14(15)19-17(31)10-28-20(29-19)23(25,26)27;1-9-2-4-13(15(27)8-23-9)26-12-5-3-10(19)6-11(12)16-14(26)7-24-17(25-16)18(20,21)22;1-8-5-6-9-10(15-9)7-13(8)11(14)16-12(2,3)4;12-5-1-2-7-6(3-5)9-8(17-7)4-16-10(18-9)11(13,14)15/h6,8-10,12,16,18,32H,5,7,11H2,1-4H3;3,5-7,9,13,15,23,27H,2,4,8H2,1H3;8-10H,5-7H2,1-4H3;1-4,17H/t12?,16?,18-;9?,13?,15-;;/m11../s1. The minimum absolute atomic E-state index is 0.0109. The number of aliphatic hydroxyl groups is 2. The summed E-state index contributed by atoms with van der Waals surface area (Å²) in [5.74, 6) is -3.59. The Morgan fingerprint density at radius 2 is 0.958 bits per heavy atom. The number of halogens is 12. The first-order chi connectivity index (χ1) is 44.3. The maximum atomic E-state index is 13.3. The first-order valence-electron chi connectivity index (χ1n) is 30.7. The van der Waals surface area contributed by atoms with Crippen molar-refractivity contribution in [2.75, 3.05) is 19.6 Å². The quantitative estimate of drug-likeness (QED) is 0.0933. The molecule has 0 bridgehead atoms. The molecule has 6 aromatic heterocycles. The fraction of sp³-hybridized carbons (Fsp3) is 0.500. The molecule has 0 saturated carbocycles. The zero-order chi connectivity index (χ0) is 69.2. The van der Waals surface area contributed by atoms with E-state index in [1.807, 2.05) is 44.1 Å². The van der Waals surface area contributed by atoms with Crippen LogP contribution in [0.4, 0.5) is 49.1 Å². The molecule has 2 amide bonds. The number of benzene rings is 3. The van der Waals surface area contributed by atoms with E-state index in [0.717, 1.165) is 31.7 Å². The molecule has 0 aliphatic carbocycles. The number of nitrogens with zero attached hydrogens (tertiary/aromatic N) is 10. The molecule has 4 saturated heterocycles. The van der Waals surface area contributed by atoms with Gasteiger partial charge < -0.3 is 53.7 Å². The molecular formula is C64H70Cl3F9N12O7. The molecule has 3 aromatic carbocycles. The van der Waals surface area contributed by atoms with Crippen molar-refractivity contribution in [3.63, 3.8) is 0 Å². The van der Waals surface area contributed by atoms with Crippen LogP contribution in [0.15, 0.2) is 73.2 Å². The van der Waals surface area contributed by atoms with Crippen LogP contribution in [0.3, 0.4) is 0 Å². The third kappa shape index (κ3) is 16.2. The Morgan fingerprint density at radius 3 is 1.45 bits per heavy atom. The maximum Gasteiger partial charge on any atom is 0.451 e. The van der Waals surface area contributed by atoms with E-state index < -0.39 is 71.5 Å². The highest BCUT2D eigenvalue weighted by Gasteiger charge is 2.46. The molecule has 4 aliphatic rings. The smallest absolute Gasteiger partial charge is 0.444 e. The van der Waals surface area contributed by atoms with Crippen LogP contribution in [0, 0.1) is 0 Å². The summed E-state index contributed by atoms with van der Waals surface area (Å²) in [6.07, 6.45) is -7.65. The predicted octanol–water partition coefficient (Wildman–Crippen LogP) is 15.5. The number of carbonyl (C=O) groups excluding carboxylic acids is 2. The number of hydrogen-bond donors (Lipinski definition) is 4. The van der Waals surface area contributed by atoms with Crippen molar-refractivity contribution in [2.24, 2.45) is 0 Å². The van der Waals surface area contributed by atoms with E-state index in [1.54, 1.807) is 79.9 Å². The Balaban J connectivity index is 0.000000144. The number of hydrogen-bond acceptors (Lipinski definition) is 14. The summed E-state index contributed by atoms with van der Waals surface area (Å²) < 4.78 is 137. The van der Waals surface area contributed by atoms with Crippen LogP contribution in [0.25, 0.3) is 65.8 Å². The Kier molecular flexibility index (Phi) is 20.2. The van der Waals surface area contributed by atoms with Gasteiger partial charge >= 0.3 is 30.7 Å². The summed E-state index contributed by atoms with van der Waals surface area (Å²) in [6, 6.07) is 14.3. The van der Waals surface area contributed by atoms with Gasteiger partial charge in [-0.3, -0.25) is 0 Å². The molecule has 95 heavy (non-hydrogen) atoms. The van der Waals surface area contributed by atoms with Crippen LogP contribution in [-0.2, 0) is 32.7 Å². The van der Waals surface area contributed by atoms with Gasteiger partial charge in [0, 0.05) is 61.4 Å². The summed E-state index contributed by atoms with van der Waals surface area (Å²) in [7, 11) is 0. The van der Waals surface area contributed by atoms with Gasteiger partial charge in [0.15, 0.2) is 0 Å². The van der Waals surface area contributed by atoms with E-state index in [-0.39, 0.29) is 59.5 Å². The molecule has 31 heteroatoms. The first kappa shape index (κ1) is 70.7. The summed E-state index contributed by atoms with van der Waals surface area (Å²) in [5.41, 5.74) is 2.59. The number of fused-ring (bicyclic) bond motifs is 10. The van der Waals surface area contributed by atoms with Gasteiger partial charge in [-0.05, 0) is 155 Å². The van der Waals surface area contributed by atoms with Gasteiger partial charge in [-0.25, -0.2) is 39.5 Å². The lowest BCUT2D eigenvalue weighted by Gasteiger charge is -2.31. The van der Waals surface area contributed by atoms with E-state index in [2.05, 4.69) is 47.1 Å². The van der Waals surface area contributed by atoms with Crippen molar-refractivity contribution in [2.45, 2.75) is 185 Å². The van der Waals surface area contributed by atoms with Gasteiger partial charge in [0.05, 0.1) is 95.2 Å². The molecule has 7 unspecified atom stereocenters. The van der Waals surface area contributed by atoms with E-state index in [9.17, 15) is 59.3 Å². The Hall–Kier alpha value is -7.08. The normalized spacial score (nSPS) is 23.0. The van der Waals surface area contributed by atoms with Gasteiger partial charge in [-0.1, -0.05) is 34.8 Å². The number of rotatable bonds is 2. The van der Waals surface area contributed by atoms with Crippen LogP contribution in [0.5, 0.6) is 0 Å². The number of nitrogens with one attached hydrogen (secondary N) is 2. The number of epoxide rings is 1. The molecule has 9 aromatic rings. The molecule has 10 heterocycles. The average molecular weight is 1400 g/mol. The molecule has 4 fully saturated rings. The molecule has 512 valence electrons. The van der Waals surface area contributed by atoms with Gasteiger partial charge in [0.25, 0.3) is 0 Å². The van der Waals surface area contributed by atoms with E-state index in [4.69, 9.17) is 49.0 Å². The van der Waals surface area contributed by atoms with Crippen LogP contribution >= 0.6 is 34.8 Å². The molecule has 4 aliphatic heterocycles. The topological polar surface area (TPSA) is 227 Å². The van der Waals surface area contributed by atoms with Crippen molar-refractivity contribution in [1.29, 1.82) is 0 Å². The van der Waals surface area contributed by atoms with Crippen molar-refractivity contribution >= 4 is 113 Å². The molecule has 9 atom stereocenters. The van der Waals surface area contributed by atoms with Crippen molar-refractivity contribution in [3.05, 3.63) is 106 Å². The number of alkyl halides is 9. The Bertz CT molecular complexity index is 4310. The lowest BCUT2D eigenvalue weighted by Crippen LogP contribution is -2.45. The van der Waals surface area contributed by atoms with E-state index in [1.165, 1.54) is 11.1 Å². The first-order valence-corrected chi connectivity index (χ1v) is 31.8. The van der Waals surface area contributed by atoms with Crippen molar-refractivity contribution in [1.82, 2.24) is 59.1 Å². The Labute approximate surface area is 553 Å². The fourth-order valence-electron chi connectivity index (χ4n) is 12.1. The summed E-state index contributed by atoms with van der Waals surface area (Å²) in [4.78, 5) is 52.5. The second kappa shape index (κ2) is 27.1. The Morgan fingerprint density at radius 1 is 0.526 bits per heavy atom. The molecule has 19 nitrogen and oxygen atoms in total. The van der Waals surface area contributed by atoms with Crippen LogP contribution in [-0.4, -0.2) is 150 Å². The number of amides is 2. The predicted molar refractivity (Wildman–Crippen MR) is 340 cm³/mol. The van der Waals surface area contributed by atoms with Crippen LogP contribution < -0.4 is 5.32 Å². The second-order valence-electron chi connectivity index (χ2n) is 26.2. The number of likely N-dealkylation sites (tertiary alicyclic amines) is 2. The highest BCUT2D eigenvalue weighted by atomic mass is 35.5. The molecular weight excluding hydrogens is 1330 g/mol. The number of aliphatic hydroxyl groups excluding tert-OH is 2.